The summed E-state index contributed by atoms with van der Waals surface area (Å²) < 4.78 is 11.2. The number of nitrogens with one attached hydrogen (secondary N) is 1. The van der Waals surface area contributed by atoms with Crippen molar-refractivity contribution in [3.05, 3.63) is 53.6 Å². The van der Waals surface area contributed by atoms with Crippen LogP contribution < -0.4 is 14.8 Å². The average Bonchev–Trinajstić information content (AvgIpc) is 2.56. The third-order valence-corrected chi connectivity index (χ3v) is 3.98. The molecule has 0 bridgehead atoms. The van der Waals surface area contributed by atoms with Crippen molar-refractivity contribution in [2.75, 3.05) is 11.9 Å². The molecule has 1 N–H and O–H groups in total. The van der Waals surface area contributed by atoms with Gasteiger partial charge < -0.3 is 14.8 Å². The Labute approximate surface area is 150 Å². The summed E-state index contributed by atoms with van der Waals surface area (Å²) in [6.07, 6.45) is -0.587. The fourth-order valence-corrected chi connectivity index (χ4v) is 2.67. The number of amides is 1. The molecule has 0 aliphatic heterocycles. The molecule has 2 aromatic rings. The number of benzene rings is 2. The first-order valence-corrected chi connectivity index (χ1v) is 8.71. The first-order valence-electron chi connectivity index (χ1n) is 8.71. The van der Waals surface area contributed by atoms with Crippen molar-refractivity contribution in [1.82, 2.24) is 0 Å². The summed E-state index contributed by atoms with van der Waals surface area (Å²) in [5.74, 6) is 1.77. The maximum Gasteiger partial charge on any atom is 0.265 e. The molecule has 1 atom stereocenters. The Morgan fingerprint density at radius 3 is 2.24 bits per heavy atom. The molecule has 1 unspecified atom stereocenters. The minimum Gasteiger partial charge on any atom is -0.494 e. The van der Waals surface area contributed by atoms with E-state index in [1.807, 2.05) is 43.3 Å². The maximum absolute atomic E-state index is 12.3. The van der Waals surface area contributed by atoms with Gasteiger partial charge in [-0.1, -0.05) is 19.9 Å². The Hall–Kier alpha value is -2.49. The van der Waals surface area contributed by atoms with Gasteiger partial charge in [0.15, 0.2) is 6.10 Å². The van der Waals surface area contributed by atoms with E-state index in [2.05, 4.69) is 32.2 Å². The van der Waals surface area contributed by atoms with Gasteiger partial charge in [0.05, 0.1) is 6.61 Å². The summed E-state index contributed by atoms with van der Waals surface area (Å²) in [7, 11) is 0. The highest BCUT2D eigenvalue weighted by Crippen LogP contribution is 2.24. The van der Waals surface area contributed by atoms with E-state index in [9.17, 15) is 4.79 Å². The molecule has 0 heterocycles. The maximum atomic E-state index is 12.3. The second kappa shape index (κ2) is 8.56. The van der Waals surface area contributed by atoms with E-state index in [0.717, 1.165) is 11.4 Å². The van der Waals surface area contributed by atoms with E-state index in [-0.39, 0.29) is 5.91 Å². The van der Waals surface area contributed by atoms with E-state index < -0.39 is 6.10 Å². The van der Waals surface area contributed by atoms with E-state index in [4.69, 9.17) is 9.47 Å². The van der Waals surface area contributed by atoms with Crippen LogP contribution in [0.25, 0.3) is 0 Å². The molecule has 1 amide bonds. The highest BCUT2D eigenvalue weighted by atomic mass is 16.5. The molecule has 134 valence electrons. The minimum atomic E-state index is -0.587. The Morgan fingerprint density at radius 2 is 1.68 bits per heavy atom. The van der Waals surface area contributed by atoms with E-state index in [1.54, 1.807) is 6.92 Å². The monoisotopic (exact) mass is 341 g/mol. The van der Waals surface area contributed by atoms with Gasteiger partial charge in [0, 0.05) is 5.69 Å². The van der Waals surface area contributed by atoms with Crippen molar-refractivity contribution in [3.63, 3.8) is 0 Å². The quantitative estimate of drug-likeness (QED) is 0.777. The van der Waals surface area contributed by atoms with Gasteiger partial charge in [-0.3, -0.25) is 4.79 Å². The van der Waals surface area contributed by atoms with E-state index in [1.165, 1.54) is 11.1 Å². The number of hydrogen-bond donors (Lipinski definition) is 1. The lowest BCUT2D eigenvalue weighted by Gasteiger charge is -2.17. The molecule has 0 saturated heterocycles. The zero-order valence-corrected chi connectivity index (χ0v) is 15.6. The molecule has 0 radical (unpaired) electrons. The van der Waals surface area contributed by atoms with Crippen LogP contribution in [0.15, 0.2) is 42.5 Å². The molecule has 2 rings (SSSR count). The van der Waals surface area contributed by atoms with Crippen LogP contribution in [0.3, 0.4) is 0 Å². The predicted molar refractivity (Wildman–Crippen MR) is 102 cm³/mol. The number of carbonyl (C=O) groups excluding carboxylic acids is 1. The lowest BCUT2D eigenvalue weighted by molar-refractivity contribution is -0.122. The summed E-state index contributed by atoms with van der Waals surface area (Å²) >= 11 is 0. The second-order valence-electron chi connectivity index (χ2n) is 6.38. The van der Waals surface area contributed by atoms with Crippen LogP contribution >= 0.6 is 0 Å². The van der Waals surface area contributed by atoms with Crippen LogP contribution in [0.5, 0.6) is 11.5 Å². The zero-order chi connectivity index (χ0) is 18.4. The Morgan fingerprint density at radius 1 is 1.04 bits per heavy atom. The number of anilines is 1. The summed E-state index contributed by atoms with van der Waals surface area (Å²) in [6, 6.07) is 13.3. The number of carbonyl (C=O) groups is 1. The molecule has 0 fully saturated rings. The minimum absolute atomic E-state index is 0.185. The van der Waals surface area contributed by atoms with Gasteiger partial charge in [-0.15, -0.1) is 0 Å². The number of rotatable bonds is 7. The molecule has 4 nitrogen and oxygen atoms in total. The third-order valence-electron chi connectivity index (χ3n) is 3.98. The molecule has 0 saturated carbocycles. The normalized spacial score (nSPS) is 11.9. The molecular weight excluding hydrogens is 314 g/mol. The van der Waals surface area contributed by atoms with Crippen molar-refractivity contribution >= 4 is 11.6 Å². The lowest BCUT2D eigenvalue weighted by Crippen LogP contribution is -2.30. The molecule has 0 spiro atoms. The molecule has 0 aliphatic carbocycles. The van der Waals surface area contributed by atoms with Crippen LogP contribution in [-0.2, 0) is 4.79 Å². The van der Waals surface area contributed by atoms with Crippen molar-refractivity contribution in [2.45, 2.75) is 46.6 Å². The van der Waals surface area contributed by atoms with Crippen molar-refractivity contribution in [2.24, 2.45) is 0 Å². The fraction of sp³-hybridized carbons (Fsp3) is 0.381. The van der Waals surface area contributed by atoms with Crippen LogP contribution in [0, 0.1) is 6.92 Å². The topological polar surface area (TPSA) is 47.6 Å². The highest BCUT2D eigenvalue weighted by Gasteiger charge is 2.15. The predicted octanol–water partition coefficient (Wildman–Crippen LogP) is 4.92. The van der Waals surface area contributed by atoms with E-state index in [0.29, 0.717) is 18.3 Å². The summed E-state index contributed by atoms with van der Waals surface area (Å²) in [5.41, 5.74) is 3.18. The zero-order valence-electron chi connectivity index (χ0n) is 15.6. The summed E-state index contributed by atoms with van der Waals surface area (Å²) in [5, 5.41) is 2.86. The van der Waals surface area contributed by atoms with E-state index >= 15 is 0 Å². The van der Waals surface area contributed by atoms with Crippen molar-refractivity contribution in [3.8, 4) is 11.5 Å². The fourth-order valence-electron chi connectivity index (χ4n) is 2.67. The number of ether oxygens (including phenoxy) is 2. The first kappa shape index (κ1) is 18.8. The Kier molecular flexibility index (Phi) is 6.45. The average molecular weight is 341 g/mol. The van der Waals surface area contributed by atoms with Crippen LogP contribution in [0.2, 0.25) is 0 Å². The molecule has 25 heavy (non-hydrogen) atoms. The molecule has 4 heteroatoms. The molecule has 2 aromatic carbocycles. The summed E-state index contributed by atoms with van der Waals surface area (Å²) in [4.78, 5) is 12.3. The van der Waals surface area contributed by atoms with Crippen LogP contribution in [-0.4, -0.2) is 18.6 Å². The van der Waals surface area contributed by atoms with Gasteiger partial charge in [0.2, 0.25) is 0 Å². The molecule has 0 aliphatic rings. The first-order chi connectivity index (χ1) is 11.9. The highest BCUT2D eigenvalue weighted by molar-refractivity contribution is 5.94. The third kappa shape index (κ3) is 5.24. The van der Waals surface area contributed by atoms with Crippen molar-refractivity contribution < 1.29 is 14.3 Å². The SMILES string of the molecule is CCOc1ccc(NC(=O)C(C)Oc2ccc(C(C)C)c(C)c2)cc1. The molecular formula is C21H27NO3. The van der Waals surface area contributed by atoms with Gasteiger partial charge in [-0.25, -0.2) is 0 Å². The van der Waals surface area contributed by atoms with Crippen molar-refractivity contribution in [1.29, 1.82) is 0 Å². The Balaban J connectivity index is 1.96. The van der Waals surface area contributed by atoms with Crippen LogP contribution in [0.1, 0.15) is 44.7 Å². The smallest absolute Gasteiger partial charge is 0.265 e. The standard InChI is InChI=1S/C21H27NO3/c1-6-24-18-9-7-17(8-10-18)22-21(23)16(5)25-19-11-12-20(14(2)3)15(4)13-19/h7-14,16H,6H2,1-5H3,(H,22,23). The van der Waals surface area contributed by atoms with Gasteiger partial charge in [-0.2, -0.15) is 0 Å². The van der Waals surface area contributed by atoms with Gasteiger partial charge in [-0.05, 0) is 74.2 Å². The largest absolute Gasteiger partial charge is 0.494 e. The van der Waals surface area contributed by atoms with Crippen LogP contribution in [0.4, 0.5) is 5.69 Å². The number of aryl methyl sites for hydroxylation is 1. The lowest BCUT2D eigenvalue weighted by atomic mass is 9.98. The second-order valence-corrected chi connectivity index (χ2v) is 6.38. The summed E-state index contributed by atoms with van der Waals surface area (Å²) in [6.45, 7) is 10.7. The van der Waals surface area contributed by atoms with Gasteiger partial charge >= 0.3 is 0 Å². The number of hydrogen-bond acceptors (Lipinski definition) is 3. The molecule has 0 aromatic heterocycles. The van der Waals surface area contributed by atoms with Gasteiger partial charge in [0.25, 0.3) is 5.91 Å². The Bertz CT molecular complexity index is 708. The van der Waals surface area contributed by atoms with Gasteiger partial charge in [0.1, 0.15) is 11.5 Å².